The Hall–Kier alpha value is -1.85. The highest BCUT2D eigenvalue weighted by atomic mass is 35.5. The lowest BCUT2D eigenvalue weighted by molar-refractivity contribution is 0.416. The number of hydrogen-bond acceptors (Lipinski definition) is 4. The predicted octanol–water partition coefficient (Wildman–Crippen LogP) is 3.43. The Morgan fingerprint density at radius 1 is 1.40 bits per heavy atom. The molecule has 0 radical (unpaired) electrons. The highest BCUT2D eigenvalue weighted by Crippen LogP contribution is 2.32. The number of anilines is 2. The smallest absolute Gasteiger partial charge is 0.143 e. The van der Waals surface area contributed by atoms with Crippen LogP contribution < -0.4 is 15.8 Å². The van der Waals surface area contributed by atoms with Gasteiger partial charge in [0.15, 0.2) is 0 Å². The Kier molecular flexibility index (Phi) is 4.42. The molecule has 2 rings (SSSR count). The van der Waals surface area contributed by atoms with Gasteiger partial charge in [0, 0.05) is 11.1 Å². The number of thiocarbonyl (C=S) groups is 1. The van der Waals surface area contributed by atoms with E-state index in [1.807, 2.05) is 25.1 Å². The molecule has 0 aliphatic heterocycles. The molecule has 0 saturated heterocycles. The van der Waals surface area contributed by atoms with Gasteiger partial charge in [-0.05, 0) is 30.7 Å². The average Bonchev–Trinajstić information content (AvgIpc) is 2.43. The van der Waals surface area contributed by atoms with Crippen molar-refractivity contribution in [2.24, 2.45) is 5.73 Å². The van der Waals surface area contributed by atoms with Crippen LogP contribution in [0.15, 0.2) is 30.3 Å². The number of nitrogens with one attached hydrogen (secondary N) is 1. The highest BCUT2D eigenvalue weighted by molar-refractivity contribution is 7.80. The summed E-state index contributed by atoms with van der Waals surface area (Å²) in [6.07, 6.45) is 0. The fourth-order valence-corrected chi connectivity index (χ4v) is 1.98. The number of ether oxygens (including phenoxy) is 1. The van der Waals surface area contributed by atoms with Gasteiger partial charge in [0.25, 0.3) is 0 Å². The maximum absolute atomic E-state index is 6.08. The molecule has 2 aromatic rings. The lowest BCUT2D eigenvalue weighted by atomic mass is 10.2. The van der Waals surface area contributed by atoms with Gasteiger partial charge < -0.3 is 15.8 Å². The van der Waals surface area contributed by atoms with Gasteiger partial charge in [-0.15, -0.1) is 0 Å². The maximum atomic E-state index is 6.08. The molecule has 0 aliphatic carbocycles. The van der Waals surface area contributed by atoms with Gasteiger partial charge in [0.2, 0.25) is 0 Å². The van der Waals surface area contributed by atoms with Crippen molar-refractivity contribution < 1.29 is 4.74 Å². The molecule has 0 bridgehead atoms. The molecular formula is C14H14ClN3OS. The Morgan fingerprint density at radius 3 is 2.80 bits per heavy atom. The summed E-state index contributed by atoms with van der Waals surface area (Å²) in [5.41, 5.74) is 7.86. The van der Waals surface area contributed by atoms with Crippen molar-refractivity contribution in [1.82, 2.24) is 4.98 Å². The van der Waals surface area contributed by atoms with Gasteiger partial charge in [-0.25, -0.2) is 4.98 Å². The standard InChI is InChI=1S/C14H14ClN3OS/c1-8-6-11(12(19-2)7-9(8)15)18-13-5-3-4-10(17-13)14(16)20/h3-7H,1-2H3,(H2,16,20)(H,17,18). The van der Waals surface area contributed by atoms with Gasteiger partial charge in [-0.2, -0.15) is 0 Å². The van der Waals surface area contributed by atoms with E-state index in [9.17, 15) is 0 Å². The number of halogens is 1. The number of aryl methyl sites for hydroxylation is 1. The van der Waals surface area contributed by atoms with Crippen molar-refractivity contribution in [3.63, 3.8) is 0 Å². The maximum Gasteiger partial charge on any atom is 0.143 e. The van der Waals surface area contributed by atoms with Crippen LogP contribution in [0.5, 0.6) is 5.75 Å². The van der Waals surface area contributed by atoms with E-state index in [4.69, 9.17) is 34.3 Å². The minimum atomic E-state index is 0.257. The molecule has 6 heteroatoms. The number of methoxy groups -OCH3 is 1. The van der Waals surface area contributed by atoms with Crippen LogP contribution in [0.1, 0.15) is 11.3 Å². The zero-order chi connectivity index (χ0) is 14.7. The van der Waals surface area contributed by atoms with E-state index in [0.717, 1.165) is 11.3 Å². The Labute approximate surface area is 127 Å². The van der Waals surface area contributed by atoms with Crippen LogP contribution in [-0.2, 0) is 0 Å². The zero-order valence-corrected chi connectivity index (χ0v) is 12.7. The minimum absolute atomic E-state index is 0.257. The second kappa shape index (κ2) is 6.07. The topological polar surface area (TPSA) is 60.2 Å². The largest absolute Gasteiger partial charge is 0.495 e. The van der Waals surface area contributed by atoms with Crippen molar-refractivity contribution >= 4 is 40.3 Å². The molecule has 0 aliphatic rings. The number of pyridine rings is 1. The Morgan fingerprint density at radius 2 is 2.15 bits per heavy atom. The summed E-state index contributed by atoms with van der Waals surface area (Å²) in [4.78, 5) is 4.59. The summed E-state index contributed by atoms with van der Waals surface area (Å²) in [6, 6.07) is 9.08. The predicted molar refractivity (Wildman–Crippen MR) is 86.1 cm³/mol. The first-order valence-electron chi connectivity index (χ1n) is 5.89. The molecule has 0 unspecified atom stereocenters. The third kappa shape index (κ3) is 3.18. The molecule has 0 fully saturated rings. The van der Waals surface area contributed by atoms with E-state index >= 15 is 0 Å². The quantitative estimate of drug-likeness (QED) is 0.847. The molecule has 1 heterocycles. The SMILES string of the molecule is COc1cc(Cl)c(C)cc1Nc1cccc(C(N)=S)n1. The van der Waals surface area contributed by atoms with Crippen LogP contribution in [0.2, 0.25) is 5.02 Å². The van der Waals surface area contributed by atoms with Gasteiger partial charge in [-0.1, -0.05) is 29.9 Å². The van der Waals surface area contributed by atoms with Crippen LogP contribution in [0.25, 0.3) is 0 Å². The summed E-state index contributed by atoms with van der Waals surface area (Å²) in [6.45, 7) is 1.92. The molecule has 20 heavy (non-hydrogen) atoms. The normalized spacial score (nSPS) is 10.2. The van der Waals surface area contributed by atoms with Crippen LogP contribution in [-0.4, -0.2) is 17.1 Å². The molecule has 0 amide bonds. The molecule has 0 spiro atoms. The summed E-state index contributed by atoms with van der Waals surface area (Å²) in [7, 11) is 1.59. The fourth-order valence-electron chi connectivity index (χ4n) is 1.71. The molecule has 0 saturated carbocycles. The van der Waals surface area contributed by atoms with Crippen molar-refractivity contribution in [2.45, 2.75) is 6.92 Å². The van der Waals surface area contributed by atoms with Crippen molar-refractivity contribution in [1.29, 1.82) is 0 Å². The minimum Gasteiger partial charge on any atom is -0.495 e. The molecule has 104 valence electrons. The second-order valence-corrected chi connectivity index (χ2v) is 5.05. The number of benzene rings is 1. The van der Waals surface area contributed by atoms with Crippen molar-refractivity contribution in [3.05, 3.63) is 46.6 Å². The molecule has 1 aromatic carbocycles. The van der Waals surface area contributed by atoms with Crippen LogP contribution in [0.4, 0.5) is 11.5 Å². The number of nitrogens with zero attached hydrogens (tertiary/aromatic N) is 1. The third-order valence-electron chi connectivity index (χ3n) is 2.75. The highest BCUT2D eigenvalue weighted by Gasteiger charge is 2.08. The van der Waals surface area contributed by atoms with E-state index in [1.165, 1.54) is 0 Å². The van der Waals surface area contributed by atoms with E-state index in [1.54, 1.807) is 19.2 Å². The summed E-state index contributed by atoms with van der Waals surface area (Å²) < 4.78 is 5.31. The van der Waals surface area contributed by atoms with Gasteiger partial charge in [0.1, 0.15) is 16.6 Å². The molecular weight excluding hydrogens is 294 g/mol. The van der Waals surface area contributed by atoms with E-state index in [-0.39, 0.29) is 4.99 Å². The molecule has 3 N–H and O–H groups in total. The van der Waals surface area contributed by atoms with Gasteiger partial charge >= 0.3 is 0 Å². The fraction of sp³-hybridized carbons (Fsp3) is 0.143. The first-order chi connectivity index (χ1) is 9.51. The van der Waals surface area contributed by atoms with Crippen LogP contribution in [0, 0.1) is 6.92 Å². The monoisotopic (exact) mass is 307 g/mol. The lowest BCUT2D eigenvalue weighted by Gasteiger charge is -2.13. The number of aromatic nitrogens is 1. The first-order valence-corrected chi connectivity index (χ1v) is 6.68. The Bertz CT molecular complexity index is 661. The van der Waals surface area contributed by atoms with Crippen molar-refractivity contribution in [3.8, 4) is 5.75 Å². The van der Waals surface area contributed by atoms with E-state index in [2.05, 4.69) is 10.3 Å². The first kappa shape index (κ1) is 14.6. The third-order valence-corrected chi connectivity index (χ3v) is 3.36. The van der Waals surface area contributed by atoms with E-state index in [0.29, 0.717) is 22.3 Å². The Balaban J connectivity index is 2.36. The van der Waals surface area contributed by atoms with Gasteiger partial charge in [-0.3, -0.25) is 0 Å². The molecule has 0 atom stereocenters. The zero-order valence-electron chi connectivity index (χ0n) is 11.1. The van der Waals surface area contributed by atoms with Crippen LogP contribution in [0.3, 0.4) is 0 Å². The lowest BCUT2D eigenvalue weighted by Crippen LogP contribution is -2.12. The number of rotatable bonds is 4. The summed E-state index contributed by atoms with van der Waals surface area (Å²) in [5, 5.41) is 3.83. The summed E-state index contributed by atoms with van der Waals surface area (Å²) >= 11 is 11.0. The molecule has 1 aromatic heterocycles. The van der Waals surface area contributed by atoms with E-state index < -0.39 is 0 Å². The number of nitrogens with two attached hydrogens (primary N) is 1. The van der Waals surface area contributed by atoms with Crippen molar-refractivity contribution in [2.75, 3.05) is 12.4 Å². The van der Waals surface area contributed by atoms with Crippen LogP contribution >= 0.6 is 23.8 Å². The number of hydrogen-bond donors (Lipinski definition) is 2. The molecule has 4 nitrogen and oxygen atoms in total. The second-order valence-electron chi connectivity index (χ2n) is 4.20. The average molecular weight is 308 g/mol. The van der Waals surface area contributed by atoms with Gasteiger partial charge in [0.05, 0.1) is 18.5 Å². The summed E-state index contributed by atoms with van der Waals surface area (Å²) in [5.74, 6) is 1.28.